The van der Waals surface area contributed by atoms with Gasteiger partial charge in [-0.25, -0.2) is 4.79 Å². The summed E-state index contributed by atoms with van der Waals surface area (Å²) in [5.41, 5.74) is 5.68. The Hall–Kier alpha value is -1.55. The minimum absolute atomic E-state index is 0.157. The Labute approximate surface area is 78.4 Å². The van der Waals surface area contributed by atoms with E-state index in [1.54, 1.807) is 18.2 Å². The minimum Gasteiger partial charge on any atom is -0.383 e. The van der Waals surface area contributed by atoms with Gasteiger partial charge in [0, 0.05) is 0 Å². The summed E-state index contributed by atoms with van der Waals surface area (Å²) in [6, 6.07) is 5.15. The van der Waals surface area contributed by atoms with E-state index in [0.717, 1.165) is 0 Å². The summed E-state index contributed by atoms with van der Waals surface area (Å²) in [7, 11) is 0. The summed E-state index contributed by atoms with van der Waals surface area (Å²) in [5, 5.41) is 1.07. The SMILES string of the molecule is Nc1nc(=O)[nH]c2cccc(Cl)c12. The van der Waals surface area contributed by atoms with Crippen molar-refractivity contribution in [2.45, 2.75) is 0 Å². The highest BCUT2D eigenvalue weighted by Crippen LogP contribution is 2.24. The van der Waals surface area contributed by atoms with Crippen LogP contribution < -0.4 is 11.4 Å². The second-order valence-corrected chi connectivity index (χ2v) is 3.00. The van der Waals surface area contributed by atoms with Crippen molar-refractivity contribution in [3.63, 3.8) is 0 Å². The molecule has 0 aliphatic heterocycles. The van der Waals surface area contributed by atoms with Crippen molar-refractivity contribution in [1.29, 1.82) is 0 Å². The molecule has 0 aliphatic carbocycles. The quantitative estimate of drug-likeness (QED) is 0.663. The number of aromatic nitrogens is 2. The first kappa shape index (κ1) is 8.07. The van der Waals surface area contributed by atoms with Crippen molar-refractivity contribution < 1.29 is 0 Å². The van der Waals surface area contributed by atoms with E-state index in [2.05, 4.69) is 9.97 Å². The maximum atomic E-state index is 10.9. The molecule has 2 aromatic rings. The molecule has 0 aliphatic rings. The van der Waals surface area contributed by atoms with Crippen LogP contribution in [-0.4, -0.2) is 9.97 Å². The van der Waals surface area contributed by atoms with Crippen LogP contribution in [0.25, 0.3) is 10.9 Å². The van der Waals surface area contributed by atoms with E-state index in [4.69, 9.17) is 17.3 Å². The van der Waals surface area contributed by atoms with Gasteiger partial charge in [0.15, 0.2) is 0 Å². The summed E-state index contributed by atoms with van der Waals surface area (Å²) < 4.78 is 0. The van der Waals surface area contributed by atoms with Gasteiger partial charge in [0.25, 0.3) is 0 Å². The Morgan fingerprint density at radius 1 is 1.46 bits per heavy atom. The van der Waals surface area contributed by atoms with E-state index in [1.165, 1.54) is 0 Å². The van der Waals surface area contributed by atoms with Gasteiger partial charge in [-0.05, 0) is 12.1 Å². The number of halogens is 1. The topological polar surface area (TPSA) is 71.8 Å². The Balaban J connectivity index is 3.03. The molecule has 1 heterocycles. The number of anilines is 1. The number of nitrogen functional groups attached to an aromatic ring is 1. The van der Waals surface area contributed by atoms with Crippen LogP contribution in [0.4, 0.5) is 5.82 Å². The molecule has 5 heteroatoms. The van der Waals surface area contributed by atoms with Gasteiger partial charge in [0.2, 0.25) is 0 Å². The highest BCUT2D eigenvalue weighted by Gasteiger charge is 2.04. The van der Waals surface area contributed by atoms with Crippen LogP contribution in [-0.2, 0) is 0 Å². The molecule has 0 saturated heterocycles. The van der Waals surface area contributed by atoms with Crippen molar-refractivity contribution in [2.75, 3.05) is 5.73 Å². The van der Waals surface area contributed by atoms with Crippen molar-refractivity contribution in [3.05, 3.63) is 33.7 Å². The summed E-state index contributed by atoms with van der Waals surface area (Å²) in [6.07, 6.45) is 0. The zero-order valence-corrected chi connectivity index (χ0v) is 7.30. The molecule has 3 N–H and O–H groups in total. The highest BCUT2D eigenvalue weighted by atomic mass is 35.5. The molecule has 0 amide bonds. The summed E-state index contributed by atoms with van der Waals surface area (Å²) in [4.78, 5) is 17.0. The maximum absolute atomic E-state index is 10.9. The van der Waals surface area contributed by atoms with Gasteiger partial charge in [-0.15, -0.1) is 0 Å². The van der Waals surface area contributed by atoms with Crippen LogP contribution in [0.5, 0.6) is 0 Å². The molecule has 1 aromatic heterocycles. The number of aromatic amines is 1. The van der Waals surface area contributed by atoms with E-state index in [9.17, 15) is 4.79 Å². The first-order chi connectivity index (χ1) is 6.18. The van der Waals surface area contributed by atoms with E-state index in [0.29, 0.717) is 15.9 Å². The number of nitrogens with two attached hydrogens (primary N) is 1. The van der Waals surface area contributed by atoms with Crippen LogP contribution in [0, 0.1) is 0 Å². The lowest BCUT2D eigenvalue weighted by atomic mass is 10.2. The number of nitrogens with zero attached hydrogens (tertiary/aromatic N) is 1. The number of nitrogens with one attached hydrogen (secondary N) is 1. The smallest absolute Gasteiger partial charge is 0.347 e. The molecule has 0 saturated carbocycles. The molecule has 0 bridgehead atoms. The van der Waals surface area contributed by atoms with Gasteiger partial charge in [0.1, 0.15) is 5.82 Å². The molecule has 66 valence electrons. The first-order valence-corrected chi connectivity index (χ1v) is 4.00. The molecule has 0 atom stereocenters. The average molecular weight is 196 g/mol. The monoisotopic (exact) mass is 195 g/mol. The highest BCUT2D eigenvalue weighted by molar-refractivity contribution is 6.36. The van der Waals surface area contributed by atoms with Crippen LogP contribution in [0.3, 0.4) is 0 Å². The molecule has 13 heavy (non-hydrogen) atoms. The molecular weight excluding hydrogens is 190 g/mol. The number of rotatable bonds is 0. The molecule has 4 nitrogen and oxygen atoms in total. The number of benzene rings is 1. The van der Waals surface area contributed by atoms with Gasteiger partial charge in [-0.1, -0.05) is 17.7 Å². The van der Waals surface area contributed by atoms with E-state index in [1.807, 2.05) is 0 Å². The molecule has 0 spiro atoms. The van der Waals surface area contributed by atoms with Crippen molar-refractivity contribution in [1.82, 2.24) is 9.97 Å². The maximum Gasteiger partial charge on any atom is 0.347 e. The van der Waals surface area contributed by atoms with E-state index >= 15 is 0 Å². The van der Waals surface area contributed by atoms with Crippen LogP contribution in [0.1, 0.15) is 0 Å². The van der Waals surface area contributed by atoms with Gasteiger partial charge < -0.3 is 10.7 Å². The number of hydrogen-bond donors (Lipinski definition) is 2. The fourth-order valence-electron chi connectivity index (χ4n) is 1.20. The van der Waals surface area contributed by atoms with E-state index < -0.39 is 5.69 Å². The van der Waals surface area contributed by atoms with E-state index in [-0.39, 0.29) is 5.82 Å². The largest absolute Gasteiger partial charge is 0.383 e. The van der Waals surface area contributed by atoms with Crippen molar-refractivity contribution in [3.8, 4) is 0 Å². The average Bonchev–Trinajstić information content (AvgIpc) is 2.02. The third-order valence-electron chi connectivity index (χ3n) is 1.73. The third-order valence-corrected chi connectivity index (χ3v) is 2.05. The predicted molar refractivity (Wildman–Crippen MR) is 51.8 cm³/mol. The number of hydrogen-bond acceptors (Lipinski definition) is 3. The van der Waals surface area contributed by atoms with Gasteiger partial charge in [-0.3, -0.25) is 0 Å². The fraction of sp³-hybridized carbons (Fsp3) is 0. The zero-order valence-electron chi connectivity index (χ0n) is 6.54. The molecule has 2 rings (SSSR count). The van der Waals surface area contributed by atoms with Crippen LogP contribution >= 0.6 is 11.6 Å². The lowest BCUT2D eigenvalue weighted by molar-refractivity contribution is 1.13. The molecular formula is C8H6ClN3O. The molecule has 1 aromatic carbocycles. The van der Waals surface area contributed by atoms with Crippen molar-refractivity contribution >= 4 is 28.3 Å². The van der Waals surface area contributed by atoms with Crippen molar-refractivity contribution in [2.24, 2.45) is 0 Å². The molecule has 0 fully saturated rings. The summed E-state index contributed by atoms with van der Waals surface area (Å²) >= 11 is 5.87. The van der Waals surface area contributed by atoms with Gasteiger partial charge >= 0.3 is 5.69 Å². The zero-order chi connectivity index (χ0) is 9.42. The summed E-state index contributed by atoms with van der Waals surface area (Å²) in [6.45, 7) is 0. The van der Waals surface area contributed by atoms with Gasteiger partial charge in [-0.2, -0.15) is 4.98 Å². The Morgan fingerprint density at radius 2 is 2.23 bits per heavy atom. The third kappa shape index (κ3) is 1.25. The number of fused-ring (bicyclic) bond motifs is 1. The summed E-state index contributed by atoms with van der Waals surface area (Å²) in [5.74, 6) is 0.157. The lowest BCUT2D eigenvalue weighted by Crippen LogP contribution is -2.12. The second-order valence-electron chi connectivity index (χ2n) is 2.59. The lowest BCUT2D eigenvalue weighted by Gasteiger charge is -2.01. The first-order valence-electron chi connectivity index (χ1n) is 3.62. The predicted octanol–water partition coefficient (Wildman–Crippen LogP) is 1.16. The normalized spacial score (nSPS) is 10.5. The Kier molecular flexibility index (Phi) is 1.70. The molecule has 0 unspecified atom stereocenters. The van der Waals surface area contributed by atoms with Crippen LogP contribution in [0.2, 0.25) is 5.02 Å². The van der Waals surface area contributed by atoms with Crippen LogP contribution in [0.15, 0.2) is 23.0 Å². The van der Waals surface area contributed by atoms with Gasteiger partial charge in [0.05, 0.1) is 15.9 Å². The minimum atomic E-state index is -0.465. The standard InChI is InChI=1S/C8H6ClN3O/c9-4-2-1-3-5-6(4)7(10)12-8(13)11-5/h1-3H,(H3,10,11,12,13). The Bertz CT molecular complexity index is 520. The second kappa shape index (κ2) is 2.74. The number of H-pyrrole nitrogens is 1. The Morgan fingerprint density at radius 3 is 3.00 bits per heavy atom. The molecule has 0 radical (unpaired) electrons. The fourth-order valence-corrected chi connectivity index (χ4v) is 1.47.